The van der Waals surface area contributed by atoms with E-state index in [-0.39, 0.29) is 18.9 Å². The van der Waals surface area contributed by atoms with Gasteiger partial charge in [-0.15, -0.1) is 0 Å². The van der Waals surface area contributed by atoms with Crippen LogP contribution < -0.4 is 5.32 Å². The highest BCUT2D eigenvalue weighted by Gasteiger charge is 2.33. The maximum atomic E-state index is 11.8. The number of aliphatic hydroxyl groups excluding tert-OH is 2. The van der Waals surface area contributed by atoms with Crippen LogP contribution in [-0.4, -0.2) is 69.1 Å². The predicted octanol–water partition coefficient (Wildman–Crippen LogP) is 0.586. The van der Waals surface area contributed by atoms with Crippen LogP contribution in [-0.2, 0) is 20.7 Å². The third kappa shape index (κ3) is 6.47. The molecule has 10 heteroatoms. The fraction of sp³-hybridized carbons (Fsp3) is 0.368. The van der Waals surface area contributed by atoms with Crippen molar-refractivity contribution in [2.45, 2.75) is 31.6 Å². The zero-order chi connectivity index (χ0) is 21.6. The topological polar surface area (TPSA) is 142 Å². The Kier molecular flexibility index (Phi) is 8.03. The number of hydrogen-bond donors (Lipinski definition) is 4. The molecule has 0 fully saturated rings. The summed E-state index contributed by atoms with van der Waals surface area (Å²) in [4.78, 5) is 31.2. The molecule has 0 saturated carbocycles. The number of amides is 1. The van der Waals surface area contributed by atoms with E-state index in [4.69, 9.17) is 21.4 Å². The number of nitrogens with one attached hydrogen (secondary N) is 1. The fourth-order valence-corrected chi connectivity index (χ4v) is 3.00. The molecule has 0 saturated heterocycles. The van der Waals surface area contributed by atoms with Gasteiger partial charge in [0.15, 0.2) is 6.10 Å². The second kappa shape index (κ2) is 10.3. The van der Waals surface area contributed by atoms with Gasteiger partial charge in [0, 0.05) is 36.5 Å². The number of carboxylic acids is 1. The van der Waals surface area contributed by atoms with Crippen molar-refractivity contribution in [3.05, 3.63) is 47.0 Å². The van der Waals surface area contributed by atoms with E-state index in [1.54, 1.807) is 18.5 Å². The summed E-state index contributed by atoms with van der Waals surface area (Å²) in [6.45, 7) is 1.62. The Balaban J connectivity index is 2.20. The molecule has 0 unspecified atom stereocenters. The molecule has 4 N–H and O–H groups in total. The Hall–Kier alpha value is -2.59. The summed E-state index contributed by atoms with van der Waals surface area (Å²) in [5.41, 5.74) is 2.52. The molecule has 0 spiro atoms. The summed E-state index contributed by atoms with van der Waals surface area (Å²) in [5.74, 6) is -1.96. The maximum absolute atomic E-state index is 11.8. The van der Waals surface area contributed by atoms with Crippen LogP contribution in [0.15, 0.2) is 30.6 Å². The molecule has 1 amide bonds. The first-order valence-corrected chi connectivity index (χ1v) is 9.04. The number of aromatic nitrogens is 2. The van der Waals surface area contributed by atoms with Crippen LogP contribution in [0.4, 0.5) is 0 Å². The maximum Gasteiger partial charge on any atom is 0.335 e. The van der Waals surface area contributed by atoms with Crippen molar-refractivity contribution in [1.29, 1.82) is 0 Å². The van der Waals surface area contributed by atoms with Crippen LogP contribution in [0.5, 0.6) is 0 Å². The number of halogens is 1. The van der Waals surface area contributed by atoms with Crippen LogP contribution in [0.25, 0.3) is 11.1 Å². The average Bonchev–Trinajstić information content (AvgIpc) is 2.66. The number of benzene rings is 1. The van der Waals surface area contributed by atoms with Crippen LogP contribution in [0.3, 0.4) is 0 Å². The number of nitrogens with zero attached hydrogens (tertiary/aromatic N) is 2. The van der Waals surface area contributed by atoms with Crippen LogP contribution in [0.2, 0.25) is 5.02 Å². The smallest absolute Gasteiger partial charge is 0.335 e. The monoisotopic (exact) mass is 423 g/mol. The molecule has 0 radical (unpaired) electrons. The Morgan fingerprint density at radius 3 is 2.38 bits per heavy atom. The van der Waals surface area contributed by atoms with Crippen LogP contribution in [0.1, 0.15) is 11.4 Å². The highest BCUT2D eigenvalue weighted by Crippen LogP contribution is 2.23. The molecule has 2 rings (SSSR count). The van der Waals surface area contributed by atoms with Crippen molar-refractivity contribution in [3.8, 4) is 11.1 Å². The number of hydrogen-bond acceptors (Lipinski definition) is 7. The standard InChI is InChI=1S/C19H22ClN3O6/c1-10-3-11(5-13(20)4-10)12-7-21-15(22-8-12)6-14(23-16(24)9-29-2)17(25)18(26)19(27)28/h3-5,7-8,14,17-18,25-26H,6,9H2,1-2H3,(H,23,24)(H,27,28)/t14-,17-,18+/m0/s1. The second-order valence-corrected chi connectivity index (χ2v) is 6.93. The van der Waals surface area contributed by atoms with E-state index in [1.165, 1.54) is 7.11 Å². The van der Waals surface area contributed by atoms with Gasteiger partial charge in [-0.2, -0.15) is 0 Å². The van der Waals surface area contributed by atoms with Gasteiger partial charge in [-0.05, 0) is 30.2 Å². The van der Waals surface area contributed by atoms with Crippen molar-refractivity contribution in [2.24, 2.45) is 0 Å². The van der Waals surface area contributed by atoms with E-state index in [0.717, 1.165) is 11.1 Å². The molecule has 0 aliphatic heterocycles. The molecule has 0 aliphatic carbocycles. The number of carbonyl (C=O) groups excluding carboxylic acids is 1. The SMILES string of the molecule is COCC(=O)N[C@@H](Cc1ncc(-c2cc(C)cc(Cl)c2)cn1)[C@H](O)[C@@H](O)C(=O)O. The van der Waals surface area contributed by atoms with Gasteiger partial charge < -0.3 is 25.4 Å². The molecular formula is C19H22ClN3O6. The van der Waals surface area contributed by atoms with Crippen molar-refractivity contribution >= 4 is 23.5 Å². The summed E-state index contributed by atoms with van der Waals surface area (Å²) in [6, 6.07) is 4.38. The van der Waals surface area contributed by atoms with Crippen molar-refractivity contribution in [2.75, 3.05) is 13.7 Å². The number of rotatable bonds is 9. The molecule has 1 heterocycles. The van der Waals surface area contributed by atoms with Crippen LogP contribution >= 0.6 is 11.6 Å². The number of aliphatic hydroxyl groups is 2. The van der Waals surface area contributed by atoms with E-state index in [1.807, 2.05) is 19.1 Å². The molecule has 156 valence electrons. The van der Waals surface area contributed by atoms with E-state index >= 15 is 0 Å². The summed E-state index contributed by atoms with van der Waals surface area (Å²) >= 11 is 6.07. The first-order chi connectivity index (χ1) is 13.7. The summed E-state index contributed by atoms with van der Waals surface area (Å²) in [7, 11) is 1.32. The van der Waals surface area contributed by atoms with Gasteiger partial charge in [0.2, 0.25) is 5.91 Å². The van der Waals surface area contributed by atoms with Gasteiger partial charge in [-0.25, -0.2) is 14.8 Å². The zero-order valence-corrected chi connectivity index (χ0v) is 16.6. The molecule has 0 aliphatic rings. The lowest BCUT2D eigenvalue weighted by molar-refractivity contribution is -0.154. The zero-order valence-electron chi connectivity index (χ0n) is 15.9. The molecule has 29 heavy (non-hydrogen) atoms. The lowest BCUT2D eigenvalue weighted by atomic mass is 10.0. The molecule has 9 nitrogen and oxygen atoms in total. The van der Waals surface area contributed by atoms with E-state index in [2.05, 4.69) is 15.3 Å². The lowest BCUT2D eigenvalue weighted by Gasteiger charge is -2.25. The van der Waals surface area contributed by atoms with Crippen LogP contribution in [0, 0.1) is 6.92 Å². The second-order valence-electron chi connectivity index (χ2n) is 6.49. The van der Waals surface area contributed by atoms with Gasteiger partial charge >= 0.3 is 5.97 Å². The Labute approximate surface area is 172 Å². The number of carbonyl (C=O) groups is 2. The number of aryl methyl sites for hydroxylation is 1. The van der Waals surface area contributed by atoms with Gasteiger partial charge in [-0.3, -0.25) is 4.79 Å². The lowest BCUT2D eigenvalue weighted by Crippen LogP contribution is -2.52. The van der Waals surface area contributed by atoms with Gasteiger partial charge in [-0.1, -0.05) is 17.7 Å². The predicted molar refractivity (Wildman–Crippen MR) is 104 cm³/mol. The number of aliphatic carboxylic acids is 1. The Morgan fingerprint density at radius 1 is 1.17 bits per heavy atom. The Morgan fingerprint density at radius 2 is 1.83 bits per heavy atom. The molecule has 1 aromatic heterocycles. The Bertz CT molecular complexity index is 841. The fourth-order valence-electron chi connectivity index (χ4n) is 2.71. The first-order valence-electron chi connectivity index (χ1n) is 8.67. The summed E-state index contributed by atoms with van der Waals surface area (Å²) in [5, 5.41) is 31.7. The van der Waals surface area contributed by atoms with E-state index in [9.17, 15) is 19.8 Å². The molecule has 1 aromatic carbocycles. The molecule has 3 atom stereocenters. The van der Waals surface area contributed by atoms with Crippen molar-refractivity contribution < 1.29 is 29.6 Å². The van der Waals surface area contributed by atoms with Gasteiger partial charge in [0.25, 0.3) is 0 Å². The number of ether oxygens (including phenoxy) is 1. The summed E-state index contributed by atoms with van der Waals surface area (Å²) in [6.07, 6.45) is -0.845. The molecule has 0 bridgehead atoms. The normalized spacial score (nSPS) is 14.1. The number of methoxy groups -OCH3 is 1. The van der Waals surface area contributed by atoms with E-state index < -0.39 is 30.1 Å². The highest BCUT2D eigenvalue weighted by atomic mass is 35.5. The first kappa shape index (κ1) is 22.7. The van der Waals surface area contributed by atoms with Gasteiger partial charge in [0.05, 0.1) is 6.04 Å². The number of carboxylic acid groups (broad SMARTS) is 1. The largest absolute Gasteiger partial charge is 0.479 e. The van der Waals surface area contributed by atoms with Gasteiger partial charge in [0.1, 0.15) is 18.5 Å². The molecular weight excluding hydrogens is 402 g/mol. The van der Waals surface area contributed by atoms with E-state index in [0.29, 0.717) is 10.6 Å². The third-order valence-corrected chi connectivity index (χ3v) is 4.31. The van der Waals surface area contributed by atoms with Crippen molar-refractivity contribution in [3.63, 3.8) is 0 Å². The minimum Gasteiger partial charge on any atom is -0.479 e. The quantitative estimate of drug-likeness (QED) is 0.459. The molecule has 2 aromatic rings. The minimum absolute atomic E-state index is 0.101. The van der Waals surface area contributed by atoms with Crippen molar-refractivity contribution in [1.82, 2.24) is 15.3 Å². The average molecular weight is 424 g/mol. The third-order valence-electron chi connectivity index (χ3n) is 4.09. The minimum atomic E-state index is -2.09. The summed E-state index contributed by atoms with van der Waals surface area (Å²) < 4.78 is 4.71. The highest BCUT2D eigenvalue weighted by molar-refractivity contribution is 6.30.